The van der Waals surface area contributed by atoms with Crippen LogP contribution in [0.25, 0.3) is 5.70 Å². The van der Waals surface area contributed by atoms with Crippen molar-refractivity contribution in [2.75, 3.05) is 7.11 Å². The van der Waals surface area contributed by atoms with E-state index in [9.17, 15) is 4.79 Å². The van der Waals surface area contributed by atoms with E-state index in [2.05, 4.69) is 30.6 Å². The molecule has 0 amide bonds. The normalized spacial score (nSPS) is 17.7. The Balaban J connectivity index is 2.00. The number of ether oxygens (including phenoxy) is 1. The van der Waals surface area contributed by atoms with Crippen molar-refractivity contribution in [1.29, 1.82) is 0 Å². The molecule has 0 spiro atoms. The Labute approximate surface area is 134 Å². The van der Waals surface area contributed by atoms with Gasteiger partial charge in [-0.05, 0) is 37.4 Å². The highest BCUT2D eigenvalue weighted by atomic mass is 32.1. The summed E-state index contributed by atoms with van der Waals surface area (Å²) in [6.07, 6.45) is 2.66. The van der Waals surface area contributed by atoms with Crippen LogP contribution in [0.4, 0.5) is 0 Å². The third kappa shape index (κ3) is 2.79. The van der Waals surface area contributed by atoms with Gasteiger partial charge in [0.1, 0.15) is 5.75 Å². The summed E-state index contributed by atoms with van der Waals surface area (Å²) in [5, 5.41) is 5.56. The zero-order valence-corrected chi connectivity index (χ0v) is 13.8. The largest absolute Gasteiger partial charge is 0.496 e. The standard InChI is InChI=1S/C18H19NO2S/c1-18(2)11-17-12(8-9-22-17)14(19-18)10-15(20)13-6-4-5-7-16(13)21-3/h4-10,19H,11H2,1-3H3/b14-10+. The lowest BCUT2D eigenvalue weighted by atomic mass is 9.91. The van der Waals surface area contributed by atoms with E-state index in [1.54, 1.807) is 36.7 Å². The molecule has 4 heteroatoms. The quantitative estimate of drug-likeness (QED) is 0.690. The van der Waals surface area contributed by atoms with Crippen LogP contribution in [0.3, 0.4) is 0 Å². The second kappa shape index (κ2) is 5.61. The number of thiophene rings is 1. The number of para-hydroxylation sites is 1. The predicted molar refractivity (Wildman–Crippen MR) is 90.5 cm³/mol. The van der Waals surface area contributed by atoms with Crippen molar-refractivity contribution in [3.8, 4) is 5.75 Å². The first-order chi connectivity index (χ1) is 10.5. The van der Waals surface area contributed by atoms with E-state index in [1.807, 2.05) is 12.1 Å². The molecule has 0 saturated carbocycles. The van der Waals surface area contributed by atoms with Crippen LogP contribution in [-0.2, 0) is 6.42 Å². The van der Waals surface area contributed by atoms with Crippen LogP contribution < -0.4 is 10.1 Å². The van der Waals surface area contributed by atoms with Gasteiger partial charge in [0.2, 0.25) is 0 Å². The molecule has 3 nitrogen and oxygen atoms in total. The second-order valence-corrected chi connectivity index (χ2v) is 7.07. The van der Waals surface area contributed by atoms with Gasteiger partial charge in [0.15, 0.2) is 5.78 Å². The number of rotatable bonds is 3. The smallest absolute Gasteiger partial charge is 0.191 e. The molecule has 0 radical (unpaired) electrons. The topological polar surface area (TPSA) is 38.3 Å². The molecule has 1 N–H and O–H groups in total. The highest BCUT2D eigenvalue weighted by Crippen LogP contribution is 2.33. The number of nitrogens with one attached hydrogen (secondary N) is 1. The number of carbonyl (C=O) groups excluding carboxylic acids is 1. The molecule has 1 aliphatic rings. The van der Waals surface area contributed by atoms with Crippen LogP contribution in [0.15, 0.2) is 41.8 Å². The number of allylic oxidation sites excluding steroid dienone is 1. The fraction of sp³-hybridized carbons (Fsp3) is 0.278. The SMILES string of the molecule is COc1ccccc1C(=O)/C=C1/NC(C)(C)Cc2sccc21. The molecule has 0 atom stereocenters. The molecule has 0 unspecified atom stereocenters. The first-order valence-corrected chi connectivity index (χ1v) is 8.12. The van der Waals surface area contributed by atoms with Gasteiger partial charge in [-0.25, -0.2) is 0 Å². The number of carbonyl (C=O) groups is 1. The first-order valence-electron chi connectivity index (χ1n) is 7.24. The highest BCUT2D eigenvalue weighted by molar-refractivity contribution is 7.10. The molecule has 0 aliphatic carbocycles. The van der Waals surface area contributed by atoms with Crippen LogP contribution >= 0.6 is 11.3 Å². The lowest BCUT2D eigenvalue weighted by Gasteiger charge is -2.33. The van der Waals surface area contributed by atoms with Crippen molar-refractivity contribution in [3.63, 3.8) is 0 Å². The maximum atomic E-state index is 12.6. The lowest BCUT2D eigenvalue weighted by Crippen LogP contribution is -2.43. The van der Waals surface area contributed by atoms with E-state index >= 15 is 0 Å². The summed E-state index contributed by atoms with van der Waals surface area (Å²) in [7, 11) is 1.58. The first kappa shape index (κ1) is 14.9. The van der Waals surface area contributed by atoms with Gasteiger partial charge in [-0.3, -0.25) is 4.79 Å². The summed E-state index contributed by atoms with van der Waals surface area (Å²) >= 11 is 1.75. The van der Waals surface area contributed by atoms with E-state index in [4.69, 9.17) is 4.74 Å². The Bertz CT molecular complexity index is 743. The summed E-state index contributed by atoms with van der Waals surface area (Å²) in [5.41, 5.74) is 2.56. The predicted octanol–water partition coefficient (Wildman–Crippen LogP) is 3.90. The van der Waals surface area contributed by atoms with E-state index in [0.29, 0.717) is 11.3 Å². The summed E-state index contributed by atoms with van der Waals surface area (Å²) < 4.78 is 5.28. The van der Waals surface area contributed by atoms with Crippen molar-refractivity contribution in [2.45, 2.75) is 25.8 Å². The molecule has 114 valence electrons. The Morgan fingerprint density at radius 2 is 2.09 bits per heavy atom. The van der Waals surface area contributed by atoms with Gasteiger partial charge in [0.05, 0.1) is 12.7 Å². The zero-order valence-electron chi connectivity index (χ0n) is 13.0. The van der Waals surface area contributed by atoms with Crippen LogP contribution in [0.5, 0.6) is 5.75 Å². The summed E-state index contributed by atoms with van der Waals surface area (Å²) in [6.45, 7) is 4.30. The highest BCUT2D eigenvalue weighted by Gasteiger charge is 2.29. The van der Waals surface area contributed by atoms with Gasteiger partial charge in [0.25, 0.3) is 0 Å². The average molecular weight is 313 g/mol. The lowest BCUT2D eigenvalue weighted by molar-refractivity contribution is 0.104. The molecule has 3 rings (SSSR count). The van der Waals surface area contributed by atoms with Gasteiger partial charge in [-0.15, -0.1) is 11.3 Å². The zero-order chi connectivity index (χ0) is 15.7. The molecule has 0 saturated heterocycles. The molecular formula is C18H19NO2S. The molecule has 2 heterocycles. The Hall–Kier alpha value is -2.07. The number of methoxy groups -OCH3 is 1. The maximum absolute atomic E-state index is 12.6. The number of hydrogen-bond donors (Lipinski definition) is 1. The minimum absolute atomic E-state index is 0.0465. The van der Waals surface area contributed by atoms with Gasteiger partial charge in [-0.1, -0.05) is 12.1 Å². The van der Waals surface area contributed by atoms with Gasteiger partial charge in [0, 0.05) is 34.2 Å². The third-order valence-corrected chi connectivity index (χ3v) is 4.68. The molecule has 0 fully saturated rings. The fourth-order valence-electron chi connectivity index (χ4n) is 2.77. The molecule has 1 aliphatic heterocycles. The molecule has 22 heavy (non-hydrogen) atoms. The maximum Gasteiger partial charge on any atom is 0.191 e. The van der Waals surface area contributed by atoms with Crippen molar-refractivity contribution in [2.24, 2.45) is 0 Å². The molecular weight excluding hydrogens is 294 g/mol. The number of ketones is 1. The van der Waals surface area contributed by atoms with E-state index in [-0.39, 0.29) is 11.3 Å². The molecule has 1 aromatic heterocycles. The Kier molecular flexibility index (Phi) is 3.79. The number of benzene rings is 1. The number of fused-ring (bicyclic) bond motifs is 1. The minimum Gasteiger partial charge on any atom is -0.496 e. The Morgan fingerprint density at radius 3 is 2.86 bits per heavy atom. The Morgan fingerprint density at radius 1 is 1.32 bits per heavy atom. The van der Waals surface area contributed by atoms with Gasteiger partial charge >= 0.3 is 0 Å². The van der Waals surface area contributed by atoms with Crippen LogP contribution in [0.1, 0.15) is 34.6 Å². The fourth-order valence-corrected chi connectivity index (χ4v) is 3.88. The van der Waals surface area contributed by atoms with Crippen molar-refractivity contribution >= 4 is 22.8 Å². The second-order valence-electron chi connectivity index (χ2n) is 6.07. The third-order valence-electron chi connectivity index (χ3n) is 3.76. The van der Waals surface area contributed by atoms with E-state index in [0.717, 1.165) is 17.7 Å². The van der Waals surface area contributed by atoms with Crippen molar-refractivity contribution in [1.82, 2.24) is 5.32 Å². The average Bonchev–Trinajstić information content (AvgIpc) is 2.94. The molecule has 1 aromatic carbocycles. The van der Waals surface area contributed by atoms with Gasteiger partial charge < -0.3 is 10.1 Å². The summed E-state index contributed by atoms with van der Waals surface area (Å²) in [5.74, 6) is 0.555. The molecule has 0 bridgehead atoms. The summed E-state index contributed by atoms with van der Waals surface area (Å²) in [4.78, 5) is 14.0. The van der Waals surface area contributed by atoms with Crippen LogP contribution in [0.2, 0.25) is 0 Å². The minimum atomic E-state index is -0.0509. The van der Waals surface area contributed by atoms with Crippen LogP contribution in [0, 0.1) is 0 Å². The van der Waals surface area contributed by atoms with Crippen LogP contribution in [-0.4, -0.2) is 18.4 Å². The monoisotopic (exact) mass is 313 g/mol. The summed E-state index contributed by atoms with van der Waals surface area (Å²) in [6, 6.07) is 9.38. The van der Waals surface area contributed by atoms with Gasteiger partial charge in [-0.2, -0.15) is 0 Å². The number of hydrogen-bond acceptors (Lipinski definition) is 4. The van der Waals surface area contributed by atoms with E-state index < -0.39 is 0 Å². The van der Waals surface area contributed by atoms with E-state index in [1.165, 1.54) is 4.88 Å². The van der Waals surface area contributed by atoms with Crippen molar-refractivity contribution < 1.29 is 9.53 Å². The molecule has 2 aromatic rings. The van der Waals surface area contributed by atoms with Crippen molar-refractivity contribution in [3.05, 3.63) is 57.8 Å².